The van der Waals surface area contributed by atoms with Gasteiger partial charge in [-0.3, -0.25) is 9.58 Å². The second-order valence-electron chi connectivity index (χ2n) is 4.80. The van der Waals surface area contributed by atoms with Gasteiger partial charge < -0.3 is 5.11 Å². The summed E-state index contributed by atoms with van der Waals surface area (Å²) >= 11 is 6.17. The van der Waals surface area contributed by atoms with E-state index in [2.05, 4.69) is 16.9 Å². The van der Waals surface area contributed by atoms with Gasteiger partial charge in [0, 0.05) is 30.5 Å². The van der Waals surface area contributed by atoms with Crippen LogP contribution in [0.5, 0.6) is 0 Å². The second kappa shape index (κ2) is 7.43. The Labute approximate surface area is 124 Å². The second-order valence-corrected chi connectivity index (χ2v) is 5.21. The highest BCUT2D eigenvalue weighted by Gasteiger charge is 2.12. The van der Waals surface area contributed by atoms with Gasteiger partial charge in [-0.2, -0.15) is 5.10 Å². The van der Waals surface area contributed by atoms with Crippen molar-refractivity contribution in [3.63, 3.8) is 0 Å². The molecule has 4 nitrogen and oxygen atoms in total. The Kier molecular flexibility index (Phi) is 5.59. The molecule has 2 aromatic rings. The summed E-state index contributed by atoms with van der Waals surface area (Å²) < 4.78 is 1.74. The van der Waals surface area contributed by atoms with Crippen LogP contribution < -0.4 is 0 Å². The van der Waals surface area contributed by atoms with Gasteiger partial charge in [0.25, 0.3) is 0 Å². The lowest BCUT2D eigenvalue weighted by Gasteiger charge is -2.24. The first kappa shape index (κ1) is 15.0. The Hall–Kier alpha value is -1.36. The van der Waals surface area contributed by atoms with Gasteiger partial charge in [-0.15, -0.1) is 0 Å². The molecule has 0 saturated heterocycles. The Morgan fingerprint density at radius 1 is 1.35 bits per heavy atom. The van der Waals surface area contributed by atoms with Crippen LogP contribution in [0.15, 0.2) is 42.7 Å². The van der Waals surface area contributed by atoms with Crippen molar-refractivity contribution < 1.29 is 5.11 Å². The first-order valence-electron chi connectivity index (χ1n) is 6.80. The Bertz CT molecular complexity index is 516. The number of aliphatic hydroxyl groups excluding tert-OH is 1. The van der Waals surface area contributed by atoms with E-state index < -0.39 is 6.10 Å². The smallest absolute Gasteiger partial charge is 0.0862 e. The highest BCUT2D eigenvalue weighted by atomic mass is 35.5. The molecular formula is C15H20ClN3O. The van der Waals surface area contributed by atoms with E-state index in [1.165, 1.54) is 0 Å². The van der Waals surface area contributed by atoms with Gasteiger partial charge in [-0.25, -0.2) is 0 Å². The van der Waals surface area contributed by atoms with Crippen LogP contribution in [0, 0.1) is 0 Å². The minimum absolute atomic E-state index is 0.447. The summed E-state index contributed by atoms with van der Waals surface area (Å²) in [7, 11) is 0. The van der Waals surface area contributed by atoms with Crippen molar-refractivity contribution >= 4 is 11.6 Å². The summed E-state index contributed by atoms with van der Waals surface area (Å²) in [6.45, 7) is 4.79. The molecule has 0 saturated carbocycles. The van der Waals surface area contributed by atoms with E-state index >= 15 is 0 Å². The van der Waals surface area contributed by atoms with Gasteiger partial charge in [-0.05, 0) is 24.2 Å². The highest BCUT2D eigenvalue weighted by molar-refractivity contribution is 6.31. The van der Waals surface area contributed by atoms with E-state index in [-0.39, 0.29) is 0 Å². The standard InChI is InChI=1S/C15H20ClN3O/c1-2-18(10-13-6-3-4-7-15(13)16)11-14(20)12-19-9-5-8-17-19/h3-9,14,20H,2,10-12H2,1H3. The van der Waals surface area contributed by atoms with Crippen LogP contribution in [0.2, 0.25) is 5.02 Å². The van der Waals surface area contributed by atoms with Crippen LogP contribution in [-0.2, 0) is 13.1 Å². The van der Waals surface area contributed by atoms with Crippen molar-refractivity contribution in [2.75, 3.05) is 13.1 Å². The van der Waals surface area contributed by atoms with Crippen LogP contribution in [0.3, 0.4) is 0 Å². The van der Waals surface area contributed by atoms with Gasteiger partial charge in [0.15, 0.2) is 0 Å². The molecule has 108 valence electrons. The summed E-state index contributed by atoms with van der Waals surface area (Å²) in [6, 6.07) is 9.67. The molecule has 0 fully saturated rings. The topological polar surface area (TPSA) is 41.3 Å². The average Bonchev–Trinajstić information content (AvgIpc) is 2.93. The molecule has 1 atom stereocenters. The molecule has 1 heterocycles. The van der Waals surface area contributed by atoms with Crippen molar-refractivity contribution in [3.8, 4) is 0 Å². The fourth-order valence-electron chi connectivity index (χ4n) is 2.15. The third-order valence-corrected chi connectivity index (χ3v) is 3.59. The third-order valence-electron chi connectivity index (χ3n) is 3.22. The minimum Gasteiger partial charge on any atom is -0.390 e. The van der Waals surface area contributed by atoms with Gasteiger partial charge in [0.2, 0.25) is 0 Å². The van der Waals surface area contributed by atoms with Crippen molar-refractivity contribution in [1.29, 1.82) is 0 Å². The van der Waals surface area contributed by atoms with Gasteiger partial charge >= 0.3 is 0 Å². The predicted octanol–water partition coefficient (Wildman–Crippen LogP) is 2.42. The number of aliphatic hydroxyl groups is 1. The lowest BCUT2D eigenvalue weighted by Crippen LogP contribution is -2.34. The first-order valence-corrected chi connectivity index (χ1v) is 7.18. The monoisotopic (exact) mass is 293 g/mol. The summed E-state index contributed by atoms with van der Waals surface area (Å²) in [5.74, 6) is 0. The molecule has 0 spiro atoms. The first-order chi connectivity index (χ1) is 9.69. The fourth-order valence-corrected chi connectivity index (χ4v) is 2.35. The Morgan fingerprint density at radius 3 is 2.80 bits per heavy atom. The SMILES string of the molecule is CCN(Cc1ccccc1Cl)CC(O)Cn1cccn1. The fraction of sp³-hybridized carbons (Fsp3) is 0.400. The van der Waals surface area contributed by atoms with Crippen LogP contribution in [0.4, 0.5) is 0 Å². The zero-order valence-corrected chi connectivity index (χ0v) is 12.4. The molecule has 0 amide bonds. The number of benzene rings is 1. The molecule has 0 radical (unpaired) electrons. The zero-order chi connectivity index (χ0) is 14.4. The van der Waals surface area contributed by atoms with Crippen molar-refractivity contribution in [3.05, 3.63) is 53.3 Å². The number of hydrogen-bond acceptors (Lipinski definition) is 3. The molecular weight excluding hydrogens is 274 g/mol. The van der Waals surface area contributed by atoms with Crippen molar-refractivity contribution in [1.82, 2.24) is 14.7 Å². The lowest BCUT2D eigenvalue weighted by atomic mass is 10.2. The van der Waals surface area contributed by atoms with E-state index in [4.69, 9.17) is 11.6 Å². The Balaban J connectivity index is 1.90. The third kappa shape index (κ3) is 4.34. The number of nitrogens with zero attached hydrogens (tertiary/aromatic N) is 3. The minimum atomic E-state index is -0.447. The van der Waals surface area contributed by atoms with Crippen LogP contribution in [0.1, 0.15) is 12.5 Å². The van der Waals surface area contributed by atoms with Crippen LogP contribution >= 0.6 is 11.6 Å². The van der Waals surface area contributed by atoms with Gasteiger partial charge in [0.05, 0.1) is 12.6 Å². The predicted molar refractivity (Wildman–Crippen MR) is 80.6 cm³/mol. The molecule has 1 unspecified atom stereocenters. The van der Waals surface area contributed by atoms with Gasteiger partial charge in [-0.1, -0.05) is 36.7 Å². The van der Waals surface area contributed by atoms with E-state index in [1.807, 2.05) is 36.5 Å². The van der Waals surface area contributed by atoms with E-state index in [0.29, 0.717) is 13.1 Å². The largest absolute Gasteiger partial charge is 0.390 e. The van der Waals surface area contributed by atoms with E-state index in [9.17, 15) is 5.11 Å². The van der Waals surface area contributed by atoms with E-state index in [1.54, 1.807) is 10.9 Å². The lowest BCUT2D eigenvalue weighted by molar-refractivity contribution is 0.0941. The quantitative estimate of drug-likeness (QED) is 0.852. The molecule has 0 aliphatic carbocycles. The number of halogens is 1. The molecule has 0 aliphatic rings. The van der Waals surface area contributed by atoms with Crippen molar-refractivity contribution in [2.24, 2.45) is 0 Å². The highest BCUT2D eigenvalue weighted by Crippen LogP contribution is 2.17. The molecule has 2 rings (SSSR count). The number of hydrogen-bond donors (Lipinski definition) is 1. The summed E-state index contributed by atoms with van der Waals surface area (Å²) in [6.07, 6.45) is 3.12. The molecule has 5 heteroatoms. The summed E-state index contributed by atoms with van der Waals surface area (Å²) in [4.78, 5) is 2.18. The molecule has 0 aliphatic heterocycles. The van der Waals surface area contributed by atoms with Gasteiger partial charge in [0.1, 0.15) is 0 Å². The summed E-state index contributed by atoms with van der Waals surface area (Å²) in [5.41, 5.74) is 1.09. The van der Waals surface area contributed by atoms with Crippen LogP contribution in [0.25, 0.3) is 0 Å². The summed E-state index contributed by atoms with van der Waals surface area (Å²) in [5, 5.41) is 15.0. The molecule has 0 bridgehead atoms. The van der Waals surface area contributed by atoms with Crippen molar-refractivity contribution in [2.45, 2.75) is 26.1 Å². The zero-order valence-electron chi connectivity index (χ0n) is 11.6. The molecule has 1 aromatic heterocycles. The maximum atomic E-state index is 10.1. The normalized spacial score (nSPS) is 12.8. The maximum absolute atomic E-state index is 10.1. The average molecular weight is 294 g/mol. The molecule has 1 N–H and O–H groups in total. The number of likely N-dealkylation sites (N-methyl/N-ethyl adjacent to an activating group) is 1. The molecule has 1 aromatic carbocycles. The van der Waals surface area contributed by atoms with E-state index in [0.717, 1.165) is 23.7 Å². The maximum Gasteiger partial charge on any atom is 0.0862 e. The number of aromatic nitrogens is 2. The molecule has 20 heavy (non-hydrogen) atoms. The van der Waals surface area contributed by atoms with Crippen LogP contribution in [-0.4, -0.2) is 39.0 Å². The Morgan fingerprint density at radius 2 is 2.15 bits per heavy atom. The number of rotatable bonds is 7.